The fraction of sp³-hybridized carbons (Fsp3) is 0.429. The second-order valence-electron chi connectivity index (χ2n) is 4.76. The lowest BCUT2D eigenvalue weighted by Gasteiger charge is -2.28. The van der Waals surface area contributed by atoms with Crippen LogP contribution >= 0.6 is 23.7 Å². The van der Waals surface area contributed by atoms with Gasteiger partial charge in [-0.3, -0.25) is 0 Å². The van der Waals surface area contributed by atoms with Crippen molar-refractivity contribution in [3.8, 4) is 0 Å². The van der Waals surface area contributed by atoms with Gasteiger partial charge in [0, 0.05) is 10.7 Å². The van der Waals surface area contributed by atoms with Crippen LogP contribution in [0.3, 0.4) is 0 Å². The predicted molar refractivity (Wildman–Crippen MR) is 78.5 cm³/mol. The lowest BCUT2D eigenvalue weighted by atomic mass is 9.86. The van der Waals surface area contributed by atoms with Crippen molar-refractivity contribution >= 4 is 33.8 Å². The van der Waals surface area contributed by atoms with E-state index in [1.807, 2.05) is 11.3 Å². The van der Waals surface area contributed by atoms with Crippen LogP contribution in [0, 0.1) is 0 Å². The molecule has 17 heavy (non-hydrogen) atoms. The molecule has 3 rings (SSSR count). The van der Waals surface area contributed by atoms with Gasteiger partial charge in [0.15, 0.2) is 0 Å². The largest absolute Gasteiger partial charge is 0.314 e. The maximum Gasteiger partial charge on any atom is 0.0377 e. The number of hydrogen-bond donors (Lipinski definition) is 1. The average Bonchev–Trinajstić information content (AvgIpc) is 2.76. The SMILES string of the molecule is CC1CC(c2cccc3ccsc23)CCN1.Cl. The third-order valence-corrected chi connectivity index (χ3v) is 4.55. The van der Waals surface area contributed by atoms with Gasteiger partial charge >= 0.3 is 0 Å². The number of hydrogen-bond acceptors (Lipinski definition) is 2. The molecular formula is C14H18ClNS. The van der Waals surface area contributed by atoms with Crippen molar-refractivity contribution in [1.82, 2.24) is 5.32 Å². The summed E-state index contributed by atoms with van der Waals surface area (Å²) in [5.74, 6) is 0.749. The number of nitrogens with one attached hydrogen (secondary N) is 1. The lowest BCUT2D eigenvalue weighted by molar-refractivity contribution is 0.383. The summed E-state index contributed by atoms with van der Waals surface area (Å²) < 4.78 is 1.50. The highest BCUT2D eigenvalue weighted by molar-refractivity contribution is 7.17. The molecule has 1 aromatic heterocycles. The molecule has 3 heteroatoms. The lowest BCUT2D eigenvalue weighted by Crippen LogP contribution is -2.34. The summed E-state index contributed by atoms with van der Waals surface area (Å²) in [4.78, 5) is 0. The third-order valence-electron chi connectivity index (χ3n) is 3.57. The molecule has 1 aliphatic heterocycles. The molecular weight excluding hydrogens is 250 g/mol. The Kier molecular flexibility index (Phi) is 4.08. The summed E-state index contributed by atoms with van der Waals surface area (Å²) in [5.41, 5.74) is 1.57. The summed E-state index contributed by atoms with van der Waals surface area (Å²) in [5, 5.41) is 7.14. The second-order valence-corrected chi connectivity index (χ2v) is 5.68. The van der Waals surface area contributed by atoms with Crippen LogP contribution < -0.4 is 5.32 Å². The van der Waals surface area contributed by atoms with Crippen molar-refractivity contribution in [2.45, 2.75) is 31.7 Å². The van der Waals surface area contributed by atoms with E-state index in [-0.39, 0.29) is 12.4 Å². The van der Waals surface area contributed by atoms with E-state index in [4.69, 9.17) is 0 Å². The summed E-state index contributed by atoms with van der Waals surface area (Å²) >= 11 is 1.89. The smallest absolute Gasteiger partial charge is 0.0377 e. The monoisotopic (exact) mass is 267 g/mol. The predicted octanol–water partition coefficient (Wildman–Crippen LogP) is 4.18. The number of thiophene rings is 1. The normalized spacial score (nSPS) is 24.5. The van der Waals surface area contributed by atoms with Crippen molar-refractivity contribution < 1.29 is 0 Å². The zero-order valence-electron chi connectivity index (χ0n) is 9.98. The Labute approximate surface area is 113 Å². The minimum absolute atomic E-state index is 0. The fourth-order valence-electron chi connectivity index (χ4n) is 2.75. The van der Waals surface area contributed by atoms with Crippen molar-refractivity contribution in [2.75, 3.05) is 6.54 Å². The van der Waals surface area contributed by atoms with Gasteiger partial charge in [0.05, 0.1) is 0 Å². The molecule has 0 spiro atoms. The van der Waals surface area contributed by atoms with Crippen molar-refractivity contribution in [1.29, 1.82) is 0 Å². The number of benzene rings is 1. The Hall–Kier alpha value is -0.570. The number of piperidine rings is 1. The molecule has 1 aromatic carbocycles. The number of rotatable bonds is 1. The number of halogens is 1. The quantitative estimate of drug-likeness (QED) is 0.817. The van der Waals surface area contributed by atoms with Crippen molar-refractivity contribution in [3.05, 3.63) is 35.2 Å². The Morgan fingerprint density at radius 3 is 3.00 bits per heavy atom. The van der Waals surface area contributed by atoms with Gasteiger partial charge in [0.25, 0.3) is 0 Å². The van der Waals surface area contributed by atoms with Gasteiger partial charge in [-0.1, -0.05) is 18.2 Å². The fourth-order valence-corrected chi connectivity index (χ4v) is 3.75. The second kappa shape index (κ2) is 5.38. The van der Waals surface area contributed by atoms with E-state index in [1.54, 1.807) is 5.56 Å². The van der Waals surface area contributed by atoms with Gasteiger partial charge in [0.1, 0.15) is 0 Å². The topological polar surface area (TPSA) is 12.0 Å². The zero-order chi connectivity index (χ0) is 11.0. The van der Waals surface area contributed by atoms with Crippen LogP contribution in [0.5, 0.6) is 0 Å². The highest BCUT2D eigenvalue weighted by Gasteiger charge is 2.21. The van der Waals surface area contributed by atoms with Crippen LogP contribution in [0.25, 0.3) is 10.1 Å². The molecule has 2 aromatic rings. The molecule has 92 valence electrons. The standard InChI is InChI=1S/C14H17NS.ClH/c1-10-9-12(5-7-15-10)13-4-2-3-11-6-8-16-14(11)13;/h2-4,6,8,10,12,15H,5,7,9H2,1H3;1H. The number of fused-ring (bicyclic) bond motifs is 1. The molecule has 1 saturated heterocycles. The van der Waals surface area contributed by atoms with Crippen LogP contribution in [-0.2, 0) is 0 Å². The van der Waals surface area contributed by atoms with E-state index >= 15 is 0 Å². The maximum absolute atomic E-state index is 3.53. The van der Waals surface area contributed by atoms with Crippen LogP contribution in [-0.4, -0.2) is 12.6 Å². The Morgan fingerprint density at radius 1 is 1.29 bits per heavy atom. The Morgan fingerprint density at radius 2 is 2.18 bits per heavy atom. The molecule has 0 radical (unpaired) electrons. The van der Waals surface area contributed by atoms with E-state index < -0.39 is 0 Å². The van der Waals surface area contributed by atoms with Crippen LogP contribution in [0.1, 0.15) is 31.2 Å². The summed E-state index contributed by atoms with van der Waals surface area (Å²) in [6, 6.07) is 9.64. The molecule has 2 unspecified atom stereocenters. The molecule has 1 N–H and O–H groups in total. The van der Waals surface area contributed by atoms with Crippen molar-refractivity contribution in [3.63, 3.8) is 0 Å². The van der Waals surface area contributed by atoms with E-state index in [1.165, 1.54) is 22.9 Å². The van der Waals surface area contributed by atoms with E-state index in [0.717, 1.165) is 12.5 Å². The van der Waals surface area contributed by atoms with Gasteiger partial charge in [-0.15, -0.1) is 23.7 Å². The Balaban J connectivity index is 0.00000108. The summed E-state index contributed by atoms with van der Waals surface area (Å²) in [6.07, 6.45) is 2.55. The van der Waals surface area contributed by atoms with Gasteiger partial charge in [-0.2, -0.15) is 0 Å². The minimum atomic E-state index is 0. The molecule has 0 amide bonds. The maximum atomic E-state index is 3.53. The molecule has 1 fully saturated rings. The minimum Gasteiger partial charge on any atom is -0.314 e. The first-order chi connectivity index (χ1) is 7.84. The van der Waals surface area contributed by atoms with E-state index in [0.29, 0.717) is 6.04 Å². The van der Waals surface area contributed by atoms with Gasteiger partial charge < -0.3 is 5.32 Å². The van der Waals surface area contributed by atoms with Gasteiger partial charge in [0.2, 0.25) is 0 Å². The van der Waals surface area contributed by atoms with Gasteiger partial charge in [-0.25, -0.2) is 0 Å². The van der Waals surface area contributed by atoms with Crippen molar-refractivity contribution in [2.24, 2.45) is 0 Å². The highest BCUT2D eigenvalue weighted by Crippen LogP contribution is 2.35. The van der Waals surface area contributed by atoms with Crippen LogP contribution in [0.4, 0.5) is 0 Å². The zero-order valence-corrected chi connectivity index (χ0v) is 11.6. The molecule has 1 nitrogen and oxygen atoms in total. The highest BCUT2D eigenvalue weighted by atomic mass is 35.5. The molecule has 2 heterocycles. The molecule has 0 aliphatic carbocycles. The van der Waals surface area contributed by atoms with E-state index in [9.17, 15) is 0 Å². The van der Waals surface area contributed by atoms with Gasteiger partial charge in [-0.05, 0) is 54.6 Å². The third kappa shape index (κ3) is 2.49. The summed E-state index contributed by atoms with van der Waals surface area (Å²) in [6.45, 7) is 3.45. The molecule has 0 bridgehead atoms. The molecule has 0 saturated carbocycles. The first kappa shape index (κ1) is 12.9. The Bertz CT molecular complexity index is 494. The first-order valence-electron chi connectivity index (χ1n) is 6.04. The summed E-state index contributed by atoms with van der Waals surface area (Å²) in [7, 11) is 0. The van der Waals surface area contributed by atoms with Crippen LogP contribution in [0.15, 0.2) is 29.6 Å². The first-order valence-corrected chi connectivity index (χ1v) is 6.92. The van der Waals surface area contributed by atoms with E-state index in [2.05, 4.69) is 41.9 Å². The molecule has 2 atom stereocenters. The molecule has 1 aliphatic rings. The average molecular weight is 268 g/mol. The van der Waals surface area contributed by atoms with Crippen LogP contribution in [0.2, 0.25) is 0 Å².